The zero-order valence-corrected chi connectivity index (χ0v) is 18.0. The van der Waals surface area contributed by atoms with E-state index in [4.69, 9.17) is 4.98 Å². The lowest BCUT2D eigenvalue weighted by Crippen LogP contribution is -2.11. The monoisotopic (exact) mass is 407 g/mol. The Morgan fingerprint density at radius 1 is 1.00 bits per heavy atom. The van der Waals surface area contributed by atoms with Crippen LogP contribution in [0.5, 0.6) is 0 Å². The van der Waals surface area contributed by atoms with Crippen molar-refractivity contribution in [3.05, 3.63) is 59.5 Å². The molecule has 0 fully saturated rings. The SMILES string of the molecule is CCCCCCCC(=O)Nc1cccc(-c2csc(Nc3cccc(C)c3)n2)c1. The van der Waals surface area contributed by atoms with Crippen molar-refractivity contribution < 1.29 is 4.79 Å². The smallest absolute Gasteiger partial charge is 0.224 e. The summed E-state index contributed by atoms with van der Waals surface area (Å²) in [5, 5.41) is 9.26. The van der Waals surface area contributed by atoms with Gasteiger partial charge in [-0.3, -0.25) is 4.79 Å². The van der Waals surface area contributed by atoms with Gasteiger partial charge in [-0.15, -0.1) is 11.3 Å². The third-order valence-corrected chi connectivity index (χ3v) is 5.48. The fourth-order valence-electron chi connectivity index (χ4n) is 3.18. The molecule has 0 saturated carbocycles. The largest absolute Gasteiger partial charge is 0.332 e. The minimum Gasteiger partial charge on any atom is -0.332 e. The van der Waals surface area contributed by atoms with Gasteiger partial charge in [-0.05, 0) is 43.2 Å². The number of aromatic nitrogens is 1. The molecule has 0 atom stereocenters. The standard InChI is InChI=1S/C24H29N3OS/c1-3-4-5-6-7-14-23(28)25-21-13-9-11-19(16-21)22-17-29-24(27-22)26-20-12-8-10-18(2)15-20/h8-13,15-17H,3-7,14H2,1-2H3,(H,25,28)(H,26,27). The van der Waals surface area contributed by atoms with Crippen LogP contribution in [0, 0.1) is 6.92 Å². The van der Waals surface area contributed by atoms with Crippen molar-refractivity contribution >= 4 is 33.8 Å². The molecule has 29 heavy (non-hydrogen) atoms. The summed E-state index contributed by atoms with van der Waals surface area (Å²) in [6, 6.07) is 16.1. The molecular weight excluding hydrogens is 378 g/mol. The van der Waals surface area contributed by atoms with E-state index >= 15 is 0 Å². The van der Waals surface area contributed by atoms with Crippen molar-refractivity contribution in [1.29, 1.82) is 0 Å². The molecule has 1 heterocycles. The van der Waals surface area contributed by atoms with E-state index in [2.05, 4.69) is 36.6 Å². The summed E-state index contributed by atoms with van der Waals surface area (Å²) >= 11 is 1.57. The fourth-order valence-corrected chi connectivity index (χ4v) is 3.92. The maximum absolute atomic E-state index is 12.2. The number of anilines is 3. The third kappa shape index (κ3) is 6.71. The van der Waals surface area contributed by atoms with Crippen LogP contribution in [0.3, 0.4) is 0 Å². The molecule has 0 unspecified atom stereocenters. The number of carbonyl (C=O) groups excluding carboxylic acids is 1. The number of rotatable bonds is 10. The van der Waals surface area contributed by atoms with E-state index in [0.717, 1.165) is 40.6 Å². The van der Waals surface area contributed by atoms with Crippen LogP contribution in [-0.4, -0.2) is 10.9 Å². The van der Waals surface area contributed by atoms with Gasteiger partial charge in [0.25, 0.3) is 0 Å². The summed E-state index contributed by atoms with van der Waals surface area (Å²) < 4.78 is 0. The number of benzene rings is 2. The van der Waals surface area contributed by atoms with Crippen LogP contribution in [0.2, 0.25) is 0 Å². The lowest BCUT2D eigenvalue weighted by Gasteiger charge is -2.07. The van der Waals surface area contributed by atoms with Crippen molar-refractivity contribution in [3.8, 4) is 11.3 Å². The fraction of sp³-hybridized carbons (Fsp3) is 0.333. The van der Waals surface area contributed by atoms with Gasteiger partial charge < -0.3 is 10.6 Å². The highest BCUT2D eigenvalue weighted by atomic mass is 32.1. The summed E-state index contributed by atoms with van der Waals surface area (Å²) in [5.41, 5.74) is 4.97. The molecule has 0 radical (unpaired) electrons. The summed E-state index contributed by atoms with van der Waals surface area (Å²) in [6.45, 7) is 4.27. The number of nitrogens with one attached hydrogen (secondary N) is 2. The molecule has 152 valence electrons. The van der Waals surface area contributed by atoms with Crippen LogP contribution in [0.4, 0.5) is 16.5 Å². The van der Waals surface area contributed by atoms with Gasteiger partial charge in [0.1, 0.15) is 0 Å². The highest BCUT2D eigenvalue weighted by Crippen LogP contribution is 2.28. The van der Waals surface area contributed by atoms with E-state index in [1.54, 1.807) is 11.3 Å². The second-order valence-corrected chi connectivity index (χ2v) is 8.18. The average molecular weight is 408 g/mol. The van der Waals surface area contributed by atoms with Gasteiger partial charge in [-0.25, -0.2) is 4.98 Å². The van der Waals surface area contributed by atoms with Crippen molar-refractivity contribution in [3.63, 3.8) is 0 Å². The van der Waals surface area contributed by atoms with Gasteiger partial charge in [-0.2, -0.15) is 0 Å². The second kappa shape index (κ2) is 10.8. The van der Waals surface area contributed by atoms with E-state index in [1.165, 1.54) is 24.8 Å². The number of carbonyl (C=O) groups is 1. The van der Waals surface area contributed by atoms with Crippen LogP contribution < -0.4 is 10.6 Å². The van der Waals surface area contributed by atoms with Crippen molar-refractivity contribution in [2.24, 2.45) is 0 Å². The Balaban J connectivity index is 1.58. The van der Waals surface area contributed by atoms with E-state index < -0.39 is 0 Å². The number of unbranched alkanes of at least 4 members (excludes halogenated alkanes) is 4. The van der Waals surface area contributed by atoms with Crippen LogP contribution in [0.1, 0.15) is 51.0 Å². The number of thiazole rings is 1. The van der Waals surface area contributed by atoms with Gasteiger partial charge >= 0.3 is 0 Å². The van der Waals surface area contributed by atoms with Gasteiger partial charge in [0.05, 0.1) is 5.69 Å². The number of hydrogen-bond acceptors (Lipinski definition) is 4. The molecule has 3 rings (SSSR count). The molecule has 1 aromatic heterocycles. The second-order valence-electron chi connectivity index (χ2n) is 7.33. The molecule has 4 nitrogen and oxygen atoms in total. The lowest BCUT2D eigenvalue weighted by molar-refractivity contribution is -0.116. The average Bonchev–Trinajstić information content (AvgIpc) is 3.16. The highest BCUT2D eigenvalue weighted by molar-refractivity contribution is 7.14. The Morgan fingerprint density at radius 2 is 1.79 bits per heavy atom. The normalized spacial score (nSPS) is 10.7. The van der Waals surface area contributed by atoms with E-state index in [1.807, 2.05) is 41.8 Å². The topological polar surface area (TPSA) is 54.0 Å². The maximum atomic E-state index is 12.2. The van der Waals surface area contributed by atoms with E-state index in [0.29, 0.717) is 6.42 Å². The molecular formula is C24H29N3OS. The lowest BCUT2D eigenvalue weighted by atomic mass is 10.1. The summed E-state index contributed by atoms with van der Waals surface area (Å²) in [4.78, 5) is 16.9. The molecule has 0 saturated heterocycles. The molecule has 2 aromatic carbocycles. The Hall–Kier alpha value is -2.66. The predicted octanol–water partition coefficient (Wildman–Crippen LogP) is 7.16. The summed E-state index contributed by atoms with van der Waals surface area (Å²) in [7, 11) is 0. The Labute approximate surface area is 177 Å². The first-order valence-corrected chi connectivity index (χ1v) is 11.2. The van der Waals surface area contributed by atoms with Crippen LogP contribution in [-0.2, 0) is 4.79 Å². The molecule has 3 aromatic rings. The van der Waals surface area contributed by atoms with Gasteiger partial charge in [-0.1, -0.05) is 56.9 Å². The van der Waals surface area contributed by atoms with Crippen molar-refractivity contribution in [2.75, 3.05) is 10.6 Å². The molecule has 0 aliphatic rings. The van der Waals surface area contributed by atoms with E-state index in [-0.39, 0.29) is 5.91 Å². The molecule has 2 N–H and O–H groups in total. The molecule has 0 bridgehead atoms. The van der Waals surface area contributed by atoms with Crippen molar-refractivity contribution in [1.82, 2.24) is 4.98 Å². The first kappa shape index (κ1) is 21.1. The summed E-state index contributed by atoms with van der Waals surface area (Å²) in [5.74, 6) is 0.0822. The molecule has 0 spiro atoms. The Kier molecular flexibility index (Phi) is 7.82. The van der Waals surface area contributed by atoms with E-state index in [9.17, 15) is 4.79 Å². The minimum atomic E-state index is 0.0822. The zero-order chi connectivity index (χ0) is 20.5. The van der Waals surface area contributed by atoms with Crippen LogP contribution >= 0.6 is 11.3 Å². The number of amides is 1. The quantitative estimate of drug-likeness (QED) is 0.351. The predicted molar refractivity (Wildman–Crippen MR) is 124 cm³/mol. The van der Waals surface area contributed by atoms with Gasteiger partial charge in [0.2, 0.25) is 5.91 Å². The van der Waals surface area contributed by atoms with Gasteiger partial charge in [0, 0.05) is 28.7 Å². The summed E-state index contributed by atoms with van der Waals surface area (Å²) in [6.07, 6.45) is 6.33. The molecule has 0 aliphatic carbocycles. The first-order valence-electron chi connectivity index (χ1n) is 10.3. The van der Waals surface area contributed by atoms with Gasteiger partial charge in [0.15, 0.2) is 5.13 Å². The Morgan fingerprint density at radius 3 is 2.62 bits per heavy atom. The molecule has 5 heteroatoms. The first-order chi connectivity index (χ1) is 14.1. The number of aryl methyl sites for hydroxylation is 1. The highest BCUT2D eigenvalue weighted by Gasteiger charge is 2.08. The Bertz CT molecular complexity index is 935. The minimum absolute atomic E-state index is 0.0822. The molecule has 0 aliphatic heterocycles. The molecule has 1 amide bonds. The zero-order valence-electron chi connectivity index (χ0n) is 17.2. The number of hydrogen-bond donors (Lipinski definition) is 2. The van der Waals surface area contributed by atoms with Crippen LogP contribution in [0.15, 0.2) is 53.9 Å². The third-order valence-electron chi connectivity index (χ3n) is 4.72. The maximum Gasteiger partial charge on any atom is 0.224 e. The van der Waals surface area contributed by atoms with Crippen molar-refractivity contribution in [2.45, 2.75) is 52.4 Å². The van der Waals surface area contributed by atoms with Crippen LogP contribution in [0.25, 0.3) is 11.3 Å². The number of nitrogens with zero attached hydrogens (tertiary/aromatic N) is 1.